The molecule has 0 aliphatic carbocycles. The first kappa shape index (κ1) is 8.96. The Morgan fingerprint density at radius 2 is 2.50 bits per heavy atom. The molecule has 0 aliphatic heterocycles. The Bertz CT molecular complexity index is 500. The molecule has 0 amide bonds. The van der Waals surface area contributed by atoms with Gasteiger partial charge in [-0.3, -0.25) is 9.55 Å². The van der Waals surface area contributed by atoms with Gasteiger partial charge in [0.15, 0.2) is 0 Å². The van der Waals surface area contributed by atoms with Crippen molar-refractivity contribution in [1.29, 1.82) is 0 Å². The molecule has 0 saturated heterocycles. The van der Waals surface area contributed by atoms with E-state index < -0.39 is 0 Å². The lowest BCUT2D eigenvalue weighted by molar-refractivity contribution is 0.239. The average Bonchev–Trinajstić information content (AvgIpc) is 2.53. The lowest BCUT2D eigenvalue weighted by Crippen LogP contribution is -2.22. The molecule has 0 aromatic carbocycles. The number of aromatic nitrogens is 3. The predicted octanol–water partition coefficient (Wildman–Crippen LogP) is 0.278. The van der Waals surface area contributed by atoms with Gasteiger partial charge in [-0.05, 0) is 13.0 Å². The van der Waals surface area contributed by atoms with Crippen LogP contribution in [-0.2, 0) is 0 Å². The maximum atomic E-state index is 11.5. The fraction of sp³-hybridized carbons (Fsp3) is 0.333. The summed E-state index contributed by atoms with van der Waals surface area (Å²) in [6.07, 6.45) is 3.22. The van der Waals surface area contributed by atoms with Gasteiger partial charge in [0.1, 0.15) is 0 Å². The highest BCUT2D eigenvalue weighted by molar-refractivity contribution is 5.73. The summed E-state index contributed by atoms with van der Waals surface area (Å²) >= 11 is 0. The average molecular weight is 193 g/mol. The second kappa shape index (κ2) is 3.26. The molecule has 1 unspecified atom stereocenters. The largest absolute Gasteiger partial charge is 0.394 e. The minimum atomic E-state index is -0.223. The number of nitrogens with zero attached hydrogens (tertiary/aromatic N) is 2. The summed E-state index contributed by atoms with van der Waals surface area (Å²) in [4.78, 5) is 18.1. The first-order valence-electron chi connectivity index (χ1n) is 4.39. The van der Waals surface area contributed by atoms with Crippen molar-refractivity contribution in [3.63, 3.8) is 0 Å². The van der Waals surface area contributed by atoms with Crippen molar-refractivity contribution in [1.82, 2.24) is 14.5 Å². The molecule has 0 bridgehead atoms. The first-order chi connectivity index (χ1) is 6.74. The molecule has 2 aromatic rings. The molecular weight excluding hydrogens is 182 g/mol. The zero-order chi connectivity index (χ0) is 10.1. The first-order valence-corrected chi connectivity index (χ1v) is 4.39. The third-order valence-corrected chi connectivity index (χ3v) is 2.22. The van der Waals surface area contributed by atoms with Crippen LogP contribution in [0, 0.1) is 0 Å². The normalized spacial score (nSPS) is 13.3. The molecular formula is C9H11N3O2. The van der Waals surface area contributed by atoms with Crippen LogP contribution in [0.2, 0.25) is 0 Å². The maximum Gasteiger partial charge on any atom is 0.326 e. The van der Waals surface area contributed by atoms with E-state index in [1.54, 1.807) is 25.4 Å². The zero-order valence-electron chi connectivity index (χ0n) is 7.77. The number of hydrogen-bond acceptors (Lipinski definition) is 3. The van der Waals surface area contributed by atoms with Crippen molar-refractivity contribution < 1.29 is 5.11 Å². The number of H-pyrrole nitrogens is 1. The molecule has 74 valence electrons. The Labute approximate surface area is 80.0 Å². The molecule has 0 aliphatic rings. The number of pyridine rings is 1. The summed E-state index contributed by atoms with van der Waals surface area (Å²) < 4.78 is 1.52. The van der Waals surface area contributed by atoms with Crippen LogP contribution in [0.3, 0.4) is 0 Å². The van der Waals surface area contributed by atoms with Crippen LogP contribution in [0.4, 0.5) is 0 Å². The molecule has 2 aromatic heterocycles. The number of rotatable bonds is 2. The van der Waals surface area contributed by atoms with Gasteiger partial charge >= 0.3 is 5.69 Å². The Kier molecular flexibility index (Phi) is 2.09. The van der Waals surface area contributed by atoms with E-state index >= 15 is 0 Å². The minimum Gasteiger partial charge on any atom is -0.394 e. The summed E-state index contributed by atoms with van der Waals surface area (Å²) in [6, 6.07) is 1.53. The van der Waals surface area contributed by atoms with E-state index in [2.05, 4.69) is 9.97 Å². The fourth-order valence-electron chi connectivity index (χ4n) is 1.50. The summed E-state index contributed by atoms with van der Waals surface area (Å²) in [5.41, 5.74) is 1.25. The number of nitrogens with one attached hydrogen (secondary N) is 1. The van der Waals surface area contributed by atoms with Gasteiger partial charge in [-0.1, -0.05) is 0 Å². The van der Waals surface area contributed by atoms with Crippen molar-refractivity contribution >= 4 is 11.0 Å². The Morgan fingerprint density at radius 1 is 1.71 bits per heavy atom. The lowest BCUT2D eigenvalue weighted by Gasteiger charge is -2.08. The summed E-state index contributed by atoms with van der Waals surface area (Å²) in [7, 11) is 0. The predicted molar refractivity (Wildman–Crippen MR) is 52.2 cm³/mol. The number of aliphatic hydroxyl groups is 1. The molecule has 2 heterocycles. The van der Waals surface area contributed by atoms with E-state index in [4.69, 9.17) is 5.11 Å². The number of imidazole rings is 1. The van der Waals surface area contributed by atoms with Gasteiger partial charge < -0.3 is 10.1 Å². The smallest absolute Gasteiger partial charge is 0.326 e. The standard InChI is InChI=1S/C9H11N3O2/c1-6(5-13)12-8-2-3-10-4-7(8)11-9(12)14/h2-4,6,13H,5H2,1H3,(H,11,14). The van der Waals surface area contributed by atoms with E-state index in [-0.39, 0.29) is 18.3 Å². The van der Waals surface area contributed by atoms with Crippen LogP contribution < -0.4 is 5.69 Å². The van der Waals surface area contributed by atoms with Gasteiger partial charge in [0.2, 0.25) is 0 Å². The fourth-order valence-corrected chi connectivity index (χ4v) is 1.50. The van der Waals surface area contributed by atoms with E-state index in [1.165, 1.54) is 4.57 Å². The van der Waals surface area contributed by atoms with Gasteiger partial charge in [-0.15, -0.1) is 0 Å². The molecule has 14 heavy (non-hydrogen) atoms. The molecule has 5 nitrogen and oxygen atoms in total. The number of fused-ring (bicyclic) bond motifs is 1. The number of aliphatic hydroxyl groups excluding tert-OH is 1. The van der Waals surface area contributed by atoms with Crippen molar-refractivity contribution in [2.45, 2.75) is 13.0 Å². The van der Waals surface area contributed by atoms with Crippen LogP contribution in [-0.4, -0.2) is 26.2 Å². The van der Waals surface area contributed by atoms with Crippen molar-refractivity contribution in [2.75, 3.05) is 6.61 Å². The number of hydrogen-bond donors (Lipinski definition) is 2. The van der Waals surface area contributed by atoms with Crippen molar-refractivity contribution in [3.8, 4) is 0 Å². The summed E-state index contributed by atoms with van der Waals surface area (Å²) in [5.74, 6) is 0. The maximum absolute atomic E-state index is 11.5. The summed E-state index contributed by atoms with van der Waals surface area (Å²) in [5, 5.41) is 9.00. The van der Waals surface area contributed by atoms with E-state index in [1.807, 2.05) is 0 Å². The molecule has 0 saturated carbocycles. The third kappa shape index (κ3) is 1.22. The molecule has 1 atom stereocenters. The Balaban J connectivity index is 2.74. The topological polar surface area (TPSA) is 70.9 Å². The molecule has 2 N–H and O–H groups in total. The monoisotopic (exact) mass is 193 g/mol. The second-order valence-electron chi connectivity index (χ2n) is 3.22. The highest BCUT2D eigenvalue weighted by Crippen LogP contribution is 2.12. The Hall–Kier alpha value is -1.62. The van der Waals surface area contributed by atoms with Crippen LogP contribution in [0.1, 0.15) is 13.0 Å². The lowest BCUT2D eigenvalue weighted by atomic mass is 10.3. The van der Waals surface area contributed by atoms with Crippen molar-refractivity contribution in [2.24, 2.45) is 0 Å². The van der Waals surface area contributed by atoms with Crippen LogP contribution in [0.25, 0.3) is 11.0 Å². The van der Waals surface area contributed by atoms with Gasteiger partial charge in [-0.25, -0.2) is 4.79 Å². The second-order valence-corrected chi connectivity index (χ2v) is 3.22. The minimum absolute atomic E-state index is 0.0603. The molecule has 0 fully saturated rings. The van der Waals surface area contributed by atoms with Gasteiger partial charge in [0.05, 0.1) is 29.9 Å². The van der Waals surface area contributed by atoms with E-state index in [9.17, 15) is 4.79 Å². The van der Waals surface area contributed by atoms with Crippen molar-refractivity contribution in [3.05, 3.63) is 28.9 Å². The van der Waals surface area contributed by atoms with Gasteiger partial charge in [0, 0.05) is 6.20 Å². The highest BCUT2D eigenvalue weighted by atomic mass is 16.3. The molecule has 2 rings (SSSR count). The third-order valence-electron chi connectivity index (χ3n) is 2.22. The summed E-state index contributed by atoms with van der Waals surface area (Å²) in [6.45, 7) is 1.73. The van der Waals surface area contributed by atoms with Crippen LogP contribution in [0.15, 0.2) is 23.3 Å². The Morgan fingerprint density at radius 3 is 3.21 bits per heavy atom. The number of aromatic amines is 1. The van der Waals surface area contributed by atoms with Gasteiger partial charge in [0.25, 0.3) is 0 Å². The van der Waals surface area contributed by atoms with Crippen LogP contribution >= 0.6 is 0 Å². The zero-order valence-corrected chi connectivity index (χ0v) is 7.77. The van der Waals surface area contributed by atoms with E-state index in [0.29, 0.717) is 5.52 Å². The SMILES string of the molecule is CC(CO)n1c(=O)[nH]c2cnccc21. The highest BCUT2D eigenvalue weighted by Gasteiger charge is 2.11. The molecule has 0 spiro atoms. The van der Waals surface area contributed by atoms with Crippen LogP contribution in [0.5, 0.6) is 0 Å². The van der Waals surface area contributed by atoms with E-state index in [0.717, 1.165) is 5.52 Å². The quantitative estimate of drug-likeness (QED) is 0.719. The van der Waals surface area contributed by atoms with Gasteiger partial charge in [-0.2, -0.15) is 0 Å². The molecule has 5 heteroatoms. The molecule has 0 radical (unpaired) electrons.